The van der Waals surface area contributed by atoms with Gasteiger partial charge in [-0.25, -0.2) is 17.3 Å². The number of fused-ring (bicyclic) bond motifs is 1. The van der Waals surface area contributed by atoms with Gasteiger partial charge in [0.25, 0.3) is 10.0 Å². The summed E-state index contributed by atoms with van der Waals surface area (Å²) in [5.41, 5.74) is -1.56. The predicted octanol–water partition coefficient (Wildman–Crippen LogP) is 3.61. The number of rotatable bonds is 5. The molecule has 0 spiro atoms. The number of halogens is 2. The third-order valence-corrected chi connectivity index (χ3v) is 6.22. The van der Waals surface area contributed by atoms with Crippen molar-refractivity contribution in [2.45, 2.75) is 24.3 Å². The van der Waals surface area contributed by atoms with Crippen LogP contribution in [-0.4, -0.2) is 40.8 Å². The molecule has 0 aliphatic rings. The van der Waals surface area contributed by atoms with Gasteiger partial charge in [0, 0.05) is 6.20 Å². The van der Waals surface area contributed by atoms with E-state index in [1.165, 1.54) is 67.2 Å². The molecule has 0 amide bonds. The van der Waals surface area contributed by atoms with Crippen LogP contribution in [0.1, 0.15) is 19.4 Å². The molecule has 8 nitrogen and oxygen atoms in total. The fourth-order valence-electron chi connectivity index (χ4n) is 3.24. The van der Waals surface area contributed by atoms with E-state index in [0.717, 1.165) is 7.11 Å². The molecule has 0 bridgehead atoms. The molecule has 0 aliphatic carbocycles. The monoisotopic (exact) mass is 498 g/mol. The zero-order chi connectivity index (χ0) is 25.4. The molecule has 2 N–H and O–H groups in total. The number of methoxy groups -OCH3 is 1. The van der Waals surface area contributed by atoms with Gasteiger partial charge in [-0.2, -0.15) is 14.5 Å². The number of aliphatic hydroxyl groups is 1. The second kappa shape index (κ2) is 8.98. The summed E-state index contributed by atoms with van der Waals surface area (Å²) in [5.74, 6) is 2.49. The summed E-state index contributed by atoms with van der Waals surface area (Å²) < 4.78 is 64.7. The van der Waals surface area contributed by atoms with Gasteiger partial charge in [-0.15, -0.1) is 0 Å². The summed E-state index contributed by atoms with van der Waals surface area (Å²) in [6.07, 6.45) is 2.92. The maximum atomic E-state index is 15.7. The molecule has 3 heterocycles. The van der Waals surface area contributed by atoms with Crippen molar-refractivity contribution in [3.8, 4) is 28.8 Å². The maximum Gasteiger partial charge on any atom is 0.262 e. The van der Waals surface area contributed by atoms with Crippen molar-refractivity contribution in [2.75, 3.05) is 11.8 Å². The highest BCUT2D eigenvalue weighted by Gasteiger charge is 2.27. The summed E-state index contributed by atoms with van der Waals surface area (Å²) in [6.45, 7) is 3.03. The van der Waals surface area contributed by atoms with Gasteiger partial charge in [0.05, 0.1) is 34.8 Å². The van der Waals surface area contributed by atoms with E-state index < -0.39 is 44.5 Å². The van der Waals surface area contributed by atoms with Gasteiger partial charge >= 0.3 is 0 Å². The minimum atomic E-state index is -4.22. The lowest BCUT2D eigenvalue weighted by Crippen LogP contribution is -2.16. The zero-order valence-corrected chi connectivity index (χ0v) is 19.7. The Hall–Kier alpha value is -4.01. The van der Waals surface area contributed by atoms with Crippen molar-refractivity contribution in [1.29, 1.82) is 0 Å². The minimum Gasteiger partial charge on any atom is -0.479 e. The molecule has 1 aromatic carbocycles. The summed E-state index contributed by atoms with van der Waals surface area (Å²) in [7, 11) is -3.10. The summed E-state index contributed by atoms with van der Waals surface area (Å²) in [5, 5.41) is 14.0. The lowest BCUT2D eigenvalue weighted by atomic mass is 10.1. The molecule has 0 radical (unpaired) electrons. The number of benzene rings is 1. The highest BCUT2D eigenvalue weighted by Crippen LogP contribution is 2.36. The third-order valence-electron chi connectivity index (χ3n) is 4.86. The molecular weight excluding hydrogens is 478 g/mol. The quantitative estimate of drug-likeness (QED) is 0.322. The molecule has 0 atom stereocenters. The molecule has 0 aliphatic heterocycles. The van der Waals surface area contributed by atoms with Gasteiger partial charge < -0.3 is 9.84 Å². The Kier molecular flexibility index (Phi) is 6.19. The molecular formula is C24H20F2N4O4S. The van der Waals surface area contributed by atoms with Crippen LogP contribution in [0.4, 0.5) is 14.5 Å². The van der Waals surface area contributed by atoms with Gasteiger partial charge in [0.1, 0.15) is 11.3 Å². The van der Waals surface area contributed by atoms with E-state index in [-0.39, 0.29) is 10.5 Å². The van der Waals surface area contributed by atoms with Crippen LogP contribution in [0, 0.1) is 23.6 Å². The summed E-state index contributed by atoms with van der Waals surface area (Å²) in [6, 6.07) is 10.1. The van der Waals surface area contributed by atoms with E-state index in [1.807, 2.05) is 0 Å². The predicted molar refractivity (Wildman–Crippen MR) is 125 cm³/mol. The first-order valence-electron chi connectivity index (χ1n) is 10.2. The largest absolute Gasteiger partial charge is 0.479 e. The lowest BCUT2D eigenvalue weighted by Gasteiger charge is -2.15. The number of sulfonamides is 1. The summed E-state index contributed by atoms with van der Waals surface area (Å²) >= 11 is 0. The molecule has 180 valence electrons. The van der Waals surface area contributed by atoms with Crippen molar-refractivity contribution >= 4 is 21.2 Å². The van der Waals surface area contributed by atoms with Crippen LogP contribution in [0.3, 0.4) is 0 Å². The van der Waals surface area contributed by atoms with Crippen molar-refractivity contribution in [3.63, 3.8) is 0 Å². The lowest BCUT2D eigenvalue weighted by molar-refractivity contribution is 0.143. The van der Waals surface area contributed by atoms with E-state index in [9.17, 15) is 17.9 Å². The van der Waals surface area contributed by atoms with Crippen LogP contribution < -0.4 is 9.46 Å². The third kappa shape index (κ3) is 4.94. The van der Waals surface area contributed by atoms with E-state index in [4.69, 9.17) is 4.74 Å². The van der Waals surface area contributed by atoms with E-state index in [0.29, 0.717) is 11.1 Å². The molecule has 4 rings (SSSR count). The number of nitrogens with one attached hydrogen (secondary N) is 1. The Balaban J connectivity index is 1.86. The number of anilines is 1. The van der Waals surface area contributed by atoms with E-state index in [1.54, 1.807) is 6.07 Å². The molecule has 0 saturated heterocycles. The van der Waals surface area contributed by atoms with Crippen molar-refractivity contribution in [3.05, 3.63) is 72.2 Å². The number of nitrogens with zero attached hydrogens (tertiary/aromatic N) is 3. The van der Waals surface area contributed by atoms with Crippen molar-refractivity contribution < 1.29 is 27.0 Å². The molecule has 0 fully saturated rings. The Morgan fingerprint density at radius 3 is 2.54 bits per heavy atom. The molecule has 0 unspecified atom stereocenters. The topological polar surface area (TPSA) is 106 Å². The van der Waals surface area contributed by atoms with Crippen molar-refractivity contribution in [1.82, 2.24) is 14.6 Å². The highest BCUT2D eigenvalue weighted by atomic mass is 32.2. The first kappa shape index (κ1) is 24.1. The minimum absolute atomic E-state index is 0.0645. The fraction of sp³-hybridized carbons (Fsp3) is 0.167. The second-order valence-corrected chi connectivity index (χ2v) is 9.69. The molecule has 3 aromatic heterocycles. The van der Waals surface area contributed by atoms with Gasteiger partial charge in [0.15, 0.2) is 5.82 Å². The number of ether oxygens (including phenoxy) is 1. The van der Waals surface area contributed by atoms with Crippen LogP contribution in [0.25, 0.3) is 16.6 Å². The SMILES string of the molecule is COc1nc(F)c(-c2ccn3ncc(C#CC(C)(C)O)c3c2)c(F)c1NS(=O)(=O)c1ccccc1. The van der Waals surface area contributed by atoms with Gasteiger partial charge in [0.2, 0.25) is 11.8 Å². The second-order valence-electron chi connectivity index (χ2n) is 8.01. The first-order valence-corrected chi connectivity index (χ1v) is 11.7. The fourth-order valence-corrected chi connectivity index (χ4v) is 4.32. The standard InChI is InChI=1S/C24H20F2N4O4S/c1-24(2,31)11-9-16-14-27-30-12-10-15(13-18(16)30)19-20(25)21(23(34-3)28-22(19)26)29-35(32,33)17-7-5-4-6-8-17/h4-8,10,12-14,29,31H,1-3H3. The Morgan fingerprint density at radius 2 is 1.89 bits per heavy atom. The van der Waals surface area contributed by atoms with Crippen LogP contribution in [0.5, 0.6) is 5.88 Å². The zero-order valence-electron chi connectivity index (χ0n) is 18.9. The average molecular weight is 499 g/mol. The molecule has 0 saturated carbocycles. The number of hydrogen-bond acceptors (Lipinski definition) is 6. The molecule has 4 aromatic rings. The Labute approximate surface area is 200 Å². The van der Waals surface area contributed by atoms with Crippen LogP contribution in [0.15, 0.2) is 59.8 Å². The van der Waals surface area contributed by atoms with Gasteiger partial charge in [-0.3, -0.25) is 4.72 Å². The van der Waals surface area contributed by atoms with E-state index in [2.05, 4.69) is 26.6 Å². The maximum absolute atomic E-state index is 15.7. The van der Waals surface area contributed by atoms with Crippen LogP contribution >= 0.6 is 0 Å². The average Bonchev–Trinajstić information content (AvgIpc) is 3.22. The molecule has 35 heavy (non-hydrogen) atoms. The Morgan fingerprint density at radius 1 is 1.17 bits per heavy atom. The normalized spacial score (nSPS) is 11.7. The number of hydrogen-bond donors (Lipinski definition) is 2. The highest BCUT2D eigenvalue weighted by molar-refractivity contribution is 7.92. The van der Waals surface area contributed by atoms with E-state index >= 15 is 4.39 Å². The summed E-state index contributed by atoms with van der Waals surface area (Å²) in [4.78, 5) is 3.50. The number of aromatic nitrogens is 3. The van der Waals surface area contributed by atoms with Crippen LogP contribution in [-0.2, 0) is 10.0 Å². The number of pyridine rings is 2. The van der Waals surface area contributed by atoms with Gasteiger partial charge in [-0.05, 0) is 43.7 Å². The molecule has 11 heteroatoms. The first-order chi connectivity index (χ1) is 16.5. The smallest absolute Gasteiger partial charge is 0.262 e. The van der Waals surface area contributed by atoms with Crippen molar-refractivity contribution in [2.24, 2.45) is 0 Å². The van der Waals surface area contributed by atoms with Gasteiger partial charge in [-0.1, -0.05) is 30.0 Å². The Bertz CT molecular complexity index is 1590. The van der Waals surface area contributed by atoms with Crippen LogP contribution in [0.2, 0.25) is 0 Å².